The van der Waals surface area contributed by atoms with Gasteiger partial charge in [-0.2, -0.15) is 0 Å². The Hall–Kier alpha value is -0.570. The van der Waals surface area contributed by atoms with E-state index in [-0.39, 0.29) is 5.91 Å². The summed E-state index contributed by atoms with van der Waals surface area (Å²) in [6.07, 6.45) is 6.35. The summed E-state index contributed by atoms with van der Waals surface area (Å²) < 4.78 is 0. The van der Waals surface area contributed by atoms with Crippen LogP contribution in [0.2, 0.25) is 0 Å². The minimum atomic E-state index is 0.162. The van der Waals surface area contributed by atoms with Crippen LogP contribution in [0.4, 0.5) is 0 Å². The molecule has 0 radical (unpaired) electrons. The fourth-order valence-corrected chi connectivity index (χ4v) is 1.71. The normalized spacial score (nSPS) is 23.2. The third kappa shape index (κ3) is 3.66. The van der Waals surface area contributed by atoms with Crippen LogP contribution >= 0.6 is 0 Å². The average molecular weight is 196 g/mol. The minimum absolute atomic E-state index is 0.162. The summed E-state index contributed by atoms with van der Waals surface area (Å²) in [6, 6.07) is 0.982. The number of hydrogen-bond donors (Lipinski definition) is 2. The molecule has 0 aromatic rings. The van der Waals surface area contributed by atoms with E-state index in [0.717, 1.165) is 5.92 Å². The van der Waals surface area contributed by atoms with Crippen LogP contribution in [0.1, 0.15) is 39.0 Å². The molecule has 14 heavy (non-hydrogen) atoms. The highest BCUT2D eigenvalue weighted by Gasteiger charge is 2.25. The molecule has 1 atom stereocenters. The van der Waals surface area contributed by atoms with Gasteiger partial charge in [-0.25, -0.2) is 0 Å². The van der Waals surface area contributed by atoms with Gasteiger partial charge in [-0.3, -0.25) is 4.79 Å². The van der Waals surface area contributed by atoms with Gasteiger partial charge in [-0.1, -0.05) is 12.8 Å². The molecule has 80 valence electrons. The lowest BCUT2D eigenvalue weighted by molar-refractivity contribution is -0.120. The van der Waals surface area contributed by atoms with Crippen molar-refractivity contribution in [3.05, 3.63) is 0 Å². The molecule has 2 fully saturated rings. The molecule has 2 aliphatic rings. The molecule has 0 aliphatic heterocycles. The molecule has 2 saturated carbocycles. The van der Waals surface area contributed by atoms with E-state index in [2.05, 4.69) is 17.6 Å². The zero-order chi connectivity index (χ0) is 9.97. The maximum absolute atomic E-state index is 11.3. The highest BCUT2D eigenvalue weighted by molar-refractivity contribution is 5.78. The van der Waals surface area contributed by atoms with Crippen molar-refractivity contribution in [1.29, 1.82) is 0 Å². The number of carbonyl (C=O) groups is 1. The van der Waals surface area contributed by atoms with Gasteiger partial charge in [0.05, 0.1) is 6.54 Å². The molecular weight excluding hydrogens is 176 g/mol. The van der Waals surface area contributed by atoms with Crippen molar-refractivity contribution >= 4 is 5.91 Å². The maximum Gasteiger partial charge on any atom is 0.234 e. The van der Waals surface area contributed by atoms with E-state index in [4.69, 9.17) is 0 Å². The molecule has 1 amide bonds. The van der Waals surface area contributed by atoms with Crippen LogP contribution in [-0.4, -0.2) is 24.5 Å². The van der Waals surface area contributed by atoms with Crippen molar-refractivity contribution in [1.82, 2.24) is 10.6 Å². The second-order valence-corrected chi connectivity index (χ2v) is 4.80. The Kier molecular flexibility index (Phi) is 3.06. The van der Waals surface area contributed by atoms with Crippen LogP contribution in [0, 0.1) is 5.92 Å². The van der Waals surface area contributed by atoms with Gasteiger partial charge in [-0.15, -0.1) is 0 Å². The second kappa shape index (κ2) is 4.30. The van der Waals surface area contributed by atoms with Gasteiger partial charge in [0.2, 0.25) is 5.91 Å². The van der Waals surface area contributed by atoms with Gasteiger partial charge < -0.3 is 10.6 Å². The van der Waals surface area contributed by atoms with Gasteiger partial charge >= 0.3 is 0 Å². The van der Waals surface area contributed by atoms with Gasteiger partial charge in [0.1, 0.15) is 0 Å². The Morgan fingerprint density at radius 1 is 1.36 bits per heavy atom. The predicted octanol–water partition coefficient (Wildman–Crippen LogP) is 1.04. The Balaban J connectivity index is 1.52. The summed E-state index contributed by atoms with van der Waals surface area (Å²) in [6.45, 7) is 2.66. The Labute approximate surface area is 85.6 Å². The number of nitrogens with one attached hydrogen (secondary N) is 2. The molecule has 3 heteroatoms. The first-order chi connectivity index (χ1) is 6.74. The first-order valence-corrected chi connectivity index (χ1v) is 5.77. The number of hydrogen-bond acceptors (Lipinski definition) is 2. The Morgan fingerprint density at radius 2 is 2.07 bits per heavy atom. The summed E-state index contributed by atoms with van der Waals surface area (Å²) in [5.74, 6) is 1.10. The third-order valence-corrected chi connectivity index (χ3v) is 2.94. The van der Waals surface area contributed by atoms with Crippen LogP contribution in [0.5, 0.6) is 0 Å². The van der Waals surface area contributed by atoms with Gasteiger partial charge in [0, 0.05) is 12.1 Å². The van der Waals surface area contributed by atoms with E-state index in [9.17, 15) is 4.79 Å². The SMILES string of the molecule is CC(CC1CC1)NCC(=O)NC1CC1. The first-order valence-electron chi connectivity index (χ1n) is 5.77. The van der Waals surface area contributed by atoms with Gasteiger partial charge in [0.15, 0.2) is 0 Å². The second-order valence-electron chi connectivity index (χ2n) is 4.80. The van der Waals surface area contributed by atoms with Crippen LogP contribution in [-0.2, 0) is 4.79 Å². The summed E-state index contributed by atoms with van der Waals surface area (Å²) in [5.41, 5.74) is 0. The van der Waals surface area contributed by atoms with Crippen LogP contribution in [0.15, 0.2) is 0 Å². The molecule has 0 aromatic carbocycles. The molecule has 2 N–H and O–H groups in total. The summed E-state index contributed by atoms with van der Waals surface area (Å²) in [7, 11) is 0. The smallest absolute Gasteiger partial charge is 0.234 e. The number of rotatable bonds is 6. The Morgan fingerprint density at radius 3 is 2.64 bits per heavy atom. The lowest BCUT2D eigenvalue weighted by Gasteiger charge is -2.12. The van der Waals surface area contributed by atoms with Crippen LogP contribution in [0.3, 0.4) is 0 Å². The summed E-state index contributed by atoms with van der Waals surface area (Å²) in [4.78, 5) is 11.3. The largest absolute Gasteiger partial charge is 0.352 e. The zero-order valence-electron chi connectivity index (χ0n) is 8.88. The highest BCUT2D eigenvalue weighted by atomic mass is 16.2. The van der Waals surface area contributed by atoms with E-state index in [1.165, 1.54) is 32.1 Å². The zero-order valence-corrected chi connectivity index (χ0v) is 8.88. The van der Waals surface area contributed by atoms with Crippen LogP contribution < -0.4 is 10.6 Å². The summed E-state index contributed by atoms with van der Waals surface area (Å²) >= 11 is 0. The third-order valence-electron chi connectivity index (χ3n) is 2.94. The molecule has 3 nitrogen and oxygen atoms in total. The van der Waals surface area contributed by atoms with E-state index >= 15 is 0 Å². The molecule has 0 heterocycles. The standard InChI is InChI=1S/C11H20N2O/c1-8(6-9-2-3-9)12-7-11(14)13-10-4-5-10/h8-10,12H,2-7H2,1H3,(H,13,14). The molecular formula is C11H20N2O. The van der Waals surface area contributed by atoms with Gasteiger partial charge in [0.25, 0.3) is 0 Å². The Bertz CT molecular complexity index is 209. The lowest BCUT2D eigenvalue weighted by Crippen LogP contribution is -2.39. The molecule has 0 bridgehead atoms. The van der Waals surface area contributed by atoms with Crippen molar-refractivity contribution in [3.8, 4) is 0 Å². The highest BCUT2D eigenvalue weighted by Crippen LogP contribution is 2.33. The first kappa shape index (κ1) is 9.97. The summed E-state index contributed by atoms with van der Waals surface area (Å²) in [5, 5.41) is 6.25. The molecule has 0 saturated heterocycles. The van der Waals surface area contributed by atoms with Crippen LogP contribution in [0.25, 0.3) is 0 Å². The van der Waals surface area contributed by atoms with Gasteiger partial charge in [-0.05, 0) is 32.1 Å². The van der Waals surface area contributed by atoms with Crippen molar-refractivity contribution < 1.29 is 4.79 Å². The van der Waals surface area contributed by atoms with E-state index in [0.29, 0.717) is 18.6 Å². The van der Waals surface area contributed by atoms with Crippen molar-refractivity contribution in [2.75, 3.05) is 6.54 Å². The fraction of sp³-hybridized carbons (Fsp3) is 0.909. The van der Waals surface area contributed by atoms with Crippen molar-refractivity contribution in [2.45, 2.75) is 51.1 Å². The topological polar surface area (TPSA) is 41.1 Å². The lowest BCUT2D eigenvalue weighted by atomic mass is 10.1. The molecule has 0 aromatic heterocycles. The van der Waals surface area contributed by atoms with E-state index in [1.807, 2.05) is 0 Å². The quantitative estimate of drug-likeness (QED) is 0.666. The molecule has 0 spiro atoms. The fourth-order valence-electron chi connectivity index (χ4n) is 1.71. The molecule has 2 rings (SSSR count). The van der Waals surface area contributed by atoms with E-state index in [1.54, 1.807) is 0 Å². The molecule has 2 aliphatic carbocycles. The predicted molar refractivity (Wildman–Crippen MR) is 56.0 cm³/mol. The van der Waals surface area contributed by atoms with Crippen molar-refractivity contribution in [3.63, 3.8) is 0 Å². The number of amides is 1. The molecule has 1 unspecified atom stereocenters. The number of carbonyl (C=O) groups excluding carboxylic acids is 1. The van der Waals surface area contributed by atoms with E-state index < -0.39 is 0 Å². The minimum Gasteiger partial charge on any atom is -0.352 e. The average Bonchev–Trinajstić information content (AvgIpc) is 2.96. The maximum atomic E-state index is 11.3. The van der Waals surface area contributed by atoms with Crippen molar-refractivity contribution in [2.24, 2.45) is 5.92 Å². The monoisotopic (exact) mass is 196 g/mol.